The zero-order chi connectivity index (χ0) is 16.7. The minimum atomic E-state index is -0.353. The van der Waals surface area contributed by atoms with Gasteiger partial charge in [0.05, 0.1) is 19.2 Å². The number of carbonyl (C=O) groups is 2. The second kappa shape index (κ2) is 8.12. The van der Waals surface area contributed by atoms with Crippen LogP contribution in [0.5, 0.6) is 5.75 Å². The summed E-state index contributed by atoms with van der Waals surface area (Å²) in [7, 11) is 1.37. The minimum absolute atomic E-state index is 0.136. The van der Waals surface area contributed by atoms with Crippen molar-refractivity contribution < 1.29 is 19.1 Å². The second-order valence-corrected chi connectivity index (χ2v) is 5.03. The van der Waals surface area contributed by atoms with E-state index in [9.17, 15) is 9.59 Å². The molecule has 0 spiro atoms. The molecule has 6 heteroatoms. The summed E-state index contributed by atoms with van der Waals surface area (Å²) >= 11 is 0. The molecule has 1 heterocycles. The third-order valence-corrected chi connectivity index (χ3v) is 3.35. The van der Waals surface area contributed by atoms with Gasteiger partial charge in [-0.1, -0.05) is 12.1 Å². The summed E-state index contributed by atoms with van der Waals surface area (Å²) in [5.74, 6) is -0.118. The van der Waals surface area contributed by atoms with Crippen molar-refractivity contribution in [1.82, 2.24) is 9.78 Å². The summed E-state index contributed by atoms with van der Waals surface area (Å²) < 4.78 is 11.6. The van der Waals surface area contributed by atoms with E-state index >= 15 is 0 Å². The fraction of sp³-hybridized carbons (Fsp3) is 0.353. The van der Waals surface area contributed by atoms with Crippen molar-refractivity contribution in [1.29, 1.82) is 0 Å². The molecule has 0 aliphatic rings. The molecule has 2 rings (SSSR count). The second-order valence-electron chi connectivity index (χ2n) is 5.03. The predicted octanol–water partition coefficient (Wildman–Crippen LogP) is 2.16. The maximum absolute atomic E-state index is 11.9. The van der Waals surface area contributed by atoms with Crippen molar-refractivity contribution in [3.05, 3.63) is 47.8 Å². The van der Waals surface area contributed by atoms with Gasteiger partial charge in [0.15, 0.2) is 0 Å². The van der Waals surface area contributed by atoms with E-state index in [0.717, 1.165) is 12.1 Å². The molecule has 0 radical (unpaired) electrons. The highest BCUT2D eigenvalue weighted by atomic mass is 16.5. The van der Waals surface area contributed by atoms with Gasteiger partial charge < -0.3 is 9.47 Å². The highest BCUT2D eigenvalue weighted by Gasteiger charge is 2.09. The highest BCUT2D eigenvalue weighted by Crippen LogP contribution is 2.14. The number of methoxy groups -OCH3 is 1. The summed E-state index contributed by atoms with van der Waals surface area (Å²) in [6, 6.07) is 8.90. The van der Waals surface area contributed by atoms with Gasteiger partial charge in [-0.25, -0.2) is 0 Å². The van der Waals surface area contributed by atoms with Crippen molar-refractivity contribution in [2.24, 2.45) is 0 Å². The molecule has 0 aliphatic heterocycles. The maximum atomic E-state index is 11.9. The molecular formula is C17H20N2O4. The molecule has 0 unspecified atom stereocenters. The standard InChI is InChI=1S/C17H20N2O4/c1-3-19-11-10-14(18-19)12-17(21)23-15-7-4-13(5-8-15)6-9-16(20)22-2/h4-5,7-8,10-11H,3,6,9,12H2,1-2H3. The molecule has 0 fully saturated rings. The normalized spacial score (nSPS) is 10.3. The molecule has 122 valence electrons. The molecule has 2 aromatic rings. The Morgan fingerprint density at radius 2 is 1.87 bits per heavy atom. The number of aryl methyl sites for hydroxylation is 2. The Labute approximate surface area is 135 Å². The van der Waals surface area contributed by atoms with E-state index in [4.69, 9.17) is 4.74 Å². The fourth-order valence-electron chi connectivity index (χ4n) is 2.06. The van der Waals surface area contributed by atoms with Crippen LogP contribution in [0.25, 0.3) is 0 Å². The van der Waals surface area contributed by atoms with Crippen molar-refractivity contribution >= 4 is 11.9 Å². The molecule has 0 aliphatic carbocycles. The number of carbonyl (C=O) groups excluding carboxylic acids is 2. The summed E-state index contributed by atoms with van der Waals surface area (Å²) in [4.78, 5) is 23.0. The Morgan fingerprint density at radius 1 is 1.13 bits per heavy atom. The van der Waals surface area contributed by atoms with Crippen LogP contribution in [0.15, 0.2) is 36.5 Å². The first-order valence-electron chi connectivity index (χ1n) is 7.49. The SMILES string of the molecule is CCn1ccc(CC(=O)Oc2ccc(CCC(=O)OC)cc2)n1. The van der Waals surface area contributed by atoms with Gasteiger partial charge in [-0.05, 0) is 37.1 Å². The van der Waals surface area contributed by atoms with Gasteiger partial charge >= 0.3 is 11.9 Å². The molecule has 23 heavy (non-hydrogen) atoms. The van der Waals surface area contributed by atoms with E-state index in [0.29, 0.717) is 24.3 Å². The van der Waals surface area contributed by atoms with Crippen LogP contribution in [-0.2, 0) is 33.7 Å². The fourth-order valence-corrected chi connectivity index (χ4v) is 2.06. The maximum Gasteiger partial charge on any atom is 0.317 e. The number of benzene rings is 1. The lowest BCUT2D eigenvalue weighted by Crippen LogP contribution is -2.12. The Morgan fingerprint density at radius 3 is 2.48 bits per heavy atom. The molecule has 0 saturated heterocycles. The lowest BCUT2D eigenvalue weighted by atomic mass is 10.1. The van der Waals surface area contributed by atoms with Gasteiger partial charge in [-0.15, -0.1) is 0 Å². The summed E-state index contributed by atoms with van der Waals surface area (Å²) in [5, 5.41) is 4.25. The predicted molar refractivity (Wildman–Crippen MR) is 84.0 cm³/mol. The van der Waals surface area contributed by atoms with Crippen LogP contribution in [0.3, 0.4) is 0 Å². The first-order chi connectivity index (χ1) is 11.1. The van der Waals surface area contributed by atoms with E-state index < -0.39 is 0 Å². The van der Waals surface area contributed by atoms with Gasteiger partial charge in [0.25, 0.3) is 0 Å². The third-order valence-electron chi connectivity index (χ3n) is 3.35. The highest BCUT2D eigenvalue weighted by molar-refractivity contribution is 5.74. The topological polar surface area (TPSA) is 70.4 Å². The number of nitrogens with zero attached hydrogens (tertiary/aromatic N) is 2. The average molecular weight is 316 g/mol. The van der Waals surface area contributed by atoms with Crippen molar-refractivity contribution in [3.63, 3.8) is 0 Å². The van der Waals surface area contributed by atoms with Crippen LogP contribution >= 0.6 is 0 Å². The van der Waals surface area contributed by atoms with E-state index in [1.165, 1.54) is 7.11 Å². The summed E-state index contributed by atoms with van der Waals surface area (Å²) in [5.41, 5.74) is 1.67. The molecule has 0 amide bonds. The van der Waals surface area contributed by atoms with Crippen LogP contribution in [-0.4, -0.2) is 28.8 Å². The Kier molecular flexibility index (Phi) is 5.91. The van der Waals surface area contributed by atoms with Gasteiger partial charge in [-0.3, -0.25) is 14.3 Å². The number of rotatable bonds is 7. The van der Waals surface area contributed by atoms with Crippen LogP contribution < -0.4 is 4.74 Å². The van der Waals surface area contributed by atoms with Gasteiger partial charge in [0.2, 0.25) is 0 Å². The molecule has 6 nitrogen and oxygen atoms in total. The van der Waals surface area contributed by atoms with E-state index in [-0.39, 0.29) is 18.4 Å². The zero-order valence-corrected chi connectivity index (χ0v) is 13.3. The first kappa shape index (κ1) is 16.7. The number of hydrogen-bond acceptors (Lipinski definition) is 5. The zero-order valence-electron chi connectivity index (χ0n) is 13.3. The van der Waals surface area contributed by atoms with Crippen LogP contribution in [0.4, 0.5) is 0 Å². The molecule has 0 N–H and O–H groups in total. The molecule has 0 bridgehead atoms. The van der Waals surface area contributed by atoms with E-state index in [1.807, 2.05) is 25.3 Å². The number of esters is 2. The first-order valence-corrected chi connectivity index (χ1v) is 7.49. The lowest BCUT2D eigenvalue weighted by Gasteiger charge is -2.05. The van der Waals surface area contributed by atoms with Crippen molar-refractivity contribution in [2.45, 2.75) is 32.7 Å². The molecular weight excluding hydrogens is 296 g/mol. The van der Waals surface area contributed by atoms with Crippen molar-refractivity contribution in [3.8, 4) is 5.75 Å². The average Bonchev–Trinajstić information content (AvgIpc) is 3.01. The Hall–Kier alpha value is -2.63. The van der Waals surface area contributed by atoms with Gasteiger partial charge in [0, 0.05) is 19.2 Å². The Balaban J connectivity index is 1.85. The number of hydrogen-bond donors (Lipinski definition) is 0. The smallest absolute Gasteiger partial charge is 0.317 e. The van der Waals surface area contributed by atoms with Crippen LogP contribution in [0, 0.1) is 0 Å². The number of aromatic nitrogens is 2. The summed E-state index contributed by atoms with van der Waals surface area (Å²) in [6.07, 6.45) is 2.89. The quantitative estimate of drug-likeness (QED) is 0.578. The number of ether oxygens (including phenoxy) is 2. The third kappa shape index (κ3) is 5.25. The van der Waals surface area contributed by atoms with E-state index in [2.05, 4.69) is 9.84 Å². The van der Waals surface area contributed by atoms with Crippen LogP contribution in [0.2, 0.25) is 0 Å². The van der Waals surface area contributed by atoms with E-state index in [1.54, 1.807) is 22.9 Å². The molecule has 1 aromatic carbocycles. The summed E-state index contributed by atoms with van der Waals surface area (Å²) in [6.45, 7) is 2.75. The monoisotopic (exact) mass is 316 g/mol. The molecule has 0 saturated carbocycles. The minimum Gasteiger partial charge on any atom is -0.469 e. The lowest BCUT2D eigenvalue weighted by molar-refractivity contribution is -0.140. The molecule has 1 aromatic heterocycles. The Bertz CT molecular complexity index is 661. The van der Waals surface area contributed by atoms with Crippen molar-refractivity contribution in [2.75, 3.05) is 7.11 Å². The van der Waals surface area contributed by atoms with Crippen LogP contribution in [0.1, 0.15) is 24.6 Å². The van der Waals surface area contributed by atoms with Gasteiger partial charge in [0.1, 0.15) is 5.75 Å². The molecule has 0 atom stereocenters. The van der Waals surface area contributed by atoms with Gasteiger partial charge in [-0.2, -0.15) is 5.10 Å². The largest absolute Gasteiger partial charge is 0.469 e.